The van der Waals surface area contributed by atoms with Gasteiger partial charge in [-0.25, -0.2) is 4.79 Å². The molecule has 2 amide bonds. The molecule has 1 aromatic carbocycles. The maximum absolute atomic E-state index is 12.2. The van der Waals surface area contributed by atoms with E-state index in [9.17, 15) is 9.90 Å². The molecular formula is C17H27N3O2. The van der Waals surface area contributed by atoms with Crippen LogP contribution in [-0.2, 0) is 0 Å². The van der Waals surface area contributed by atoms with Gasteiger partial charge in [-0.15, -0.1) is 0 Å². The third kappa shape index (κ3) is 5.00. The zero-order valence-corrected chi connectivity index (χ0v) is 13.3. The number of hydrogen-bond donors (Lipinski definition) is 3. The Morgan fingerprint density at radius 1 is 1.32 bits per heavy atom. The van der Waals surface area contributed by atoms with Gasteiger partial charge in [-0.3, -0.25) is 0 Å². The molecule has 0 saturated carbocycles. The monoisotopic (exact) mass is 305 g/mol. The van der Waals surface area contributed by atoms with E-state index in [2.05, 4.69) is 22.5 Å². The summed E-state index contributed by atoms with van der Waals surface area (Å²) in [6.07, 6.45) is 2.51. The van der Waals surface area contributed by atoms with Gasteiger partial charge in [0, 0.05) is 25.7 Å². The number of nitrogens with one attached hydrogen (secondary N) is 2. The Bertz CT molecular complexity index is 444. The van der Waals surface area contributed by atoms with E-state index in [1.807, 2.05) is 30.3 Å². The highest BCUT2D eigenvalue weighted by Crippen LogP contribution is 2.16. The zero-order valence-electron chi connectivity index (χ0n) is 13.3. The Hall–Kier alpha value is -1.59. The van der Waals surface area contributed by atoms with Crippen molar-refractivity contribution in [2.45, 2.75) is 38.3 Å². The van der Waals surface area contributed by atoms with E-state index in [-0.39, 0.29) is 24.7 Å². The van der Waals surface area contributed by atoms with Crippen molar-refractivity contribution >= 4 is 6.03 Å². The predicted molar refractivity (Wildman–Crippen MR) is 87.7 cm³/mol. The van der Waals surface area contributed by atoms with E-state index in [0.29, 0.717) is 6.42 Å². The number of likely N-dealkylation sites (tertiary alicyclic amines) is 1. The van der Waals surface area contributed by atoms with E-state index in [1.165, 1.54) is 0 Å². The molecule has 5 heteroatoms. The number of carbonyl (C=O) groups excluding carboxylic acids is 1. The van der Waals surface area contributed by atoms with E-state index in [4.69, 9.17) is 0 Å². The van der Waals surface area contributed by atoms with Crippen molar-refractivity contribution in [1.29, 1.82) is 0 Å². The molecule has 0 radical (unpaired) electrons. The number of benzene rings is 1. The van der Waals surface area contributed by atoms with Gasteiger partial charge in [0.25, 0.3) is 0 Å². The lowest BCUT2D eigenvalue weighted by molar-refractivity contribution is 0.195. The molecule has 0 aliphatic carbocycles. The van der Waals surface area contributed by atoms with Crippen molar-refractivity contribution in [3.8, 4) is 0 Å². The van der Waals surface area contributed by atoms with E-state index in [1.54, 1.807) is 0 Å². The molecule has 0 unspecified atom stereocenters. The zero-order chi connectivity index (χ0) is 15.8. The number of rotatable bonds is 6. The van der Waals surface area contributed by atoms with Crippen LogP contribution in [0, 0.1) is 0 Å². The summed E-state index contributed by atoms with van der Waals surface area (Å²) in [7, 11) is 0. The van der Waals surface area contributed by atoms with Gasteiger partial charge < -0.3 is 20.6 Å². The Morgan fingerprint density at radius 2 is 2.00 bits per heavy atom. The quantitative estimate of drug-likeness (QED) is 0.752. The van der Waals surface area contributed by atoms with Crippen molar-refractivity contribution in [2.24, 2.45) is 0 Å². The summed E-state index contributed by atoms with van der Waals surface area (Å²) < 4.78 is 0. The largest absolute Gasteiger partial charge is 0.396 e. The molecule has 1 aliphatic heterocycles. The van der Waals surface area contributed by atoms with Gasteiger partial charge in [0.1, 0.15) is 0 Å². The lowest BCUT2D eigenvalue weighted by atomic mass is 10.0. The number of piperidine rings is 1. The van der Waals surface area contributed by atoms with Crippen LogP contribution in [0.5, 0.6) is 0 Å². The highest BCUT2D eigenvalue weighted by Gasteiger charge is 2.21. The van der Waals surface area contributed by atoms with Gasteiger partial charge in [0.05, 0.1) is 6.04 Å². The van der Waals surface area contributed by atoms with Crippen molar-refractivity contribution < 1.29 is 9.90 Å². The summed E-state index contributed by atoms with van der Waals surface area (Å²) in [5.41, 5.74) is 1.02. The molecule has 122 valence electrons. The van der Waals surface area contributed by atoms with Crippen LogP contribution in [-0.4, -0.2) is 48.3 Å². The SMILES string of the molecule is CCN1CCC(NC(=O)N[C@H](CCO)c2ccccc2)CC1. The number of aliphatic hydroxyl groups is 1. The normalized spacial score (nSPS) is 17.9. The van der Waals surface area contributed by atoms with Crippen LogP contribution in [0.25, 0.3) is 0 Å². The fourth-order valence-corrected chi connectivity index (χ4v) is 2.92. The van der Waals surface area contributed by atoms with Crippen LogP contribution in [0.3, 0.4) is 0 Å². The van der Waals surface area contributed by atoms with Crippen LogP contribution in [0.15, 0.2) is 30.3 Å². The first-order valence-electron chi connectivity index (χ1n) is 8.18. The second kappa shape index (κ2) is 8.76. The Labute approximate surface area is 132 Å². The first-order valence-corrected chi connectivity index (χ1v) is 8.18. The first-order chi connectivity index (χ1) is 10.7. The lowest BCUT2D eigenvalue weighted by Gasteiger charge is -2.31. The molecule has 2 rings (SSSR count). The number of aliphatic hydroxyl groups excluding tert-OH is 1. The van der Waals surface area contributed by atoms with Crippen molar-refractivity contribution in [3.63, 3.8) is 0 Å². The number of hydrogen-bond acceptors (Lipinski definition) is 3. The topological polar surface area (TPSA) is 64.6 Å². The second-order valence-corrected chi connectivity index (χ2v) is 5.80. The maximum Gasteiger partial charge on any atom is 0.315 e. The van der Waals surface area contributed by atoms with Crippen LogP contribution >= 0.6 is 0 Å². The standard InChI is InChI=1S/C17H27N3O2/c1-2-20-11-8-15(9-12-20)18-17(22)19-16(10-13-21)14-6-4-3-5-7-14/h3-7,15-16,21H,2,8-13H2,1H3,(H2,18,19,22)/t16-/m1/s1. The number of amides is 2. The van der Waals surface area contributed by atoms with Crippen LogP contribution < -0.4 is 10.6 Å². The number of nitrogens with zero attached hydrogens (tertiary/aromatic N) is 1. The molecule has 0 bridgehead atoms. The van der Waals surface area contributed by atoms with Gasteiger partial charge in [0.15, 0.2) is 0 Å². The maximum atomic E-state index is 12.2. The summed E-state index contributed by atoms with van der Waals surface area (Å²) in [6.45, 7) is 5.38. The molecule has 1 fully saturated rings. The molecule has 0 spiro atoms. The average Bonchev–Trinajstić information content (AvgIpc) is 2.56. The third-order valence-corrected chi connectivity index (χ3v) is 4.30. The molecule has 1 saturated heterocycles. The molecule has 1 aliphatic rings. The van der Waals surface area contributed by atoms with E-state index < -0.39 is 0 Å². The van der Waals surface area contributed by atoms with Gasteiger partial charge in [-0.1, -0.05) is 37.3 Å². The number of carbonyl (C=O) groups is 1. The molecule has 1 heterocycles. The predicted octanol–water partition coefficient (Wildman–Crippen LogP) is 1.89. The fraction of sp³-hybridized carbons (Fsp3) is 0.588. The minimum Gasteiger partial charge on any atom is -0.396 e. The molecule has 5 nitrogen and oxygen atoms in total. The Balaban J connectivity index is 1.84. The minimum absolute atomic E-state index is 0.0503. The highest BCUT2D eigenvalue weighted by molar-refractivity contribution is 5.74. The molecular weight excluding hydrogens is 278 g/mol. The summed E-state index contributed by atoms with van der Waals surface area (Å²) in [5, 5.41) is 15.3. The summed E-state index contributed by atoms with van der Waals surface area (Å²) in [4.78, 5) is 14.6. The van der Waals surface area contributed by atoms with Gasteiger partial charge in [-0.05, 0) is 31.4 Å². The van der Waals surface area contributed by atoms with Crippen molar-refractivity contribution in [3.05, 3.63) is 35.9 Å². The summed E-state index contributed by atoms with van der Waals surface area (Å²) >= 11 is 0. The third-order valence-electron chi connectivity index (χ3n) is 4.30. The highest BCUT2D eigenvalue weighted by atomic mass is 16.3. The van der Waals surface area contributed by atoms with Gasteiger partial charge >= 0.3 is 6.03 Å². The lowest BCUT2D eigenvalue weighted by Crippen LogP contribution is -2.48. The molecule has 0 aromatic heterocycles. The van der Waals surface area contributed by atoms with Crippen molar-refractivity contribution in [1.82, 2.24) is 15.5 Å². The van der Waals surface area contributed by atoms with E-state index in [0.717, 1.165) is 38.0 Å². The molecule has 1 aromatic rings. The second-order valence-electron chi connectivity index (χ2n) is 5.80. The minimum atomic E-state index is -0.151. The number of urea groups is 1. The van der Waals surface area contributed by atoms with Crippen LogP contribution in [0.2, 0.25) is 0 Å². The van der Waals surface area contributed by atoms with Crippen molar-refractivity contribution in [2.75, 3.05) is 26.2 Å². The fourth-order valence-electron chi connectivity index (χ4n) is 2.92. The Morgan fingerprint density at radius 3 is 2.59 bits per heavy atom. The van der Waals surface area contributed by atoms with Gasteiger partial charge in [0.2, 0.25) is 0 Å². The van der Waals surface area contributed by atoms with Crippen LogP contribution in [0.1, 0.15) is 37.8 Å². The first kappa shape index (κ1) is 16.8. The molecule has 3 N–H and O–H groups in total. The van der Waals surface area contributed by atoms with Crippen LogP contribution in [0.4, 0.5) is 4.79 Å². The Kier molecular flexibility index (Phi) is 6.68. The van der Waals surface area contributed by atoms with Gasteiger partial charge in [-0.2, -0.15) is 0 Å². The van der Waals surface area contributed by atoms with E-state index >= 15 is 0 Å². The molecule has 1 atom stereocenters. The summed E-state index contributed by atoms with van der Waals surface area (Å²) in [5.74, 6) is 0. The summed E-state index contributed by atoms with van der Waals surface area (Å²) in [6, 6.07) is 9.73. The molecule has 22 heavy (non-hydrogen) atoms. The average molecular weight is 305 g/mol. The smallest absolute Gasteiger partial charge is 0.315 e.